The van der Waals surface area contributed by atoms with Crippen molar-refractivity contribution in [2.45, 2.75) is 6.04 Å². The number of carboxylic acid groups (broad SMARTS) is 1. The van der Waals surface area contributed by atoms with Gasteiger partial charge >= 0.3 is 5.97 Å². The van der Waals surface area contributed by atoms with Crippen molar-refractivity contribution in [1.29, 1.82) is 0 Å². The summed E-state index contributed by atoms with van der Waals surface area (Å²) in [6.45, 7) is 0.182. The van der Waals surface area contributed by atoms with E-state index >= 15 is 0 Å². The lowest BCUT2D eigenvalue weighted by atomic mass is 10.2. The fraction of sp³-hybridized carbons (Fsp3) is 0.385. The number of aliphatic carboxylic acids is 1. The third kappa shape index (κ3) is 3.45. The van der Waals surface area contributed by atoms with Crippen molar-refractivity contribution in [3.05, 3.63) is 30.1 Å². The molecular weight excluding hydrogens is 269 g/mol. The van der Waals surface area contributed by atoms with Gasteiger partial charge < -0.3 is 19.5 Å². The van der Waals surface area contributed by atoms with Crippen molar-refractivity contribution in [1.82, 2.24) is 4.90 Å². The van der Waals surface area contributed by atoms with Gasteiger partial charge in [0, 0.05) is 6.54 Å². The minimum Gasteiger partial charge on any atom is -0.484 e. The molecule has 0 unspecified atom stereocenters. The van der Waals surface area contributed by atoms with Crippen LogP contribution in [-0.4, -0.2) is 54.3 Å². The Labute approximate surface area is 114 Å². The lowest BCUT2D eigenvalue weighted by molar-refractivity contribution is -0.159. The SMILES string of the molecule is O=C(O)[C@@H]1COCCN1C(=O)COc1ccc(F)cc1. The van der Waals surface area contributed by atoms with Gasteiger partial charge in [-0.2, -0.15) is 0 Å². The van der Waals surface area contributed by atoms with Gasteiger partial charge in [0.05, 0.1) is 13.2 Å². The maximum absolute atomic E-state index is 12.7. The lowest BCUT2D eigenvalue weighted by Crippen LogP contribution is -2.53. The molecule has 0 radical (unpaired) electrons. The maximum atomic E-state index is 12.7. The molecule has 0 aromatic heterocycles. The van der Waals surface area contributed by atoms with E-state index in [0.29, 0.717) is 12.4 Å². The first-order chi connectivity index (χ1) is 9.58. The van der Waals surface area contributed by atoms with Crippen molar-refractivity contribution < 1.29 is 28.6 Å². The molecule has 1 aliphatic heterocycles. The summed E-state index contributed by atoms with van der Waals surface area (Å²) in [4.78, 5) is 24.2. The summed E-state index contributed by atoms with van der Waals surface area (Å²) < 4.78 is 23.0. The fourth-order valence-corrected chi connectivity index (χ4v) is 1.87. The molecule has 1 aromatic carbocycles. The second-order valence-corrected chi connectivity index (χ2v) is 4.26. The molecule has 0 saturated carbocycles. The van der Waals surface area contributed by atoms with Crippen molar-refractivity contribution in [3.63, 3.8) is 0 Å². The normalized spacial score (nSPS) is 18.6. The number of hydrogen-bond donors (Lipinski definition) is 1. The van der Waals surface area contributed by atoms with Crippen LogP contribution in [0.25, 0.3) is 0 Å². The zero-order valence-electron chi connectivity index (χ0n) is 10.6. The smallest absolute Gasteiger partial charge is 0.328 e. The summed E-state index contributed by atoms with van der Waals surface area (Å²) in [6.07, 6.45) is 0. The van der Waals surface area contributed by atoms with E-state index in [4.69, 9.17) is 14.6 Å². The van der Waals surface area contributed by atoms with Crippen LogP contribution in [0.2, 0.25) is 0 Å². The Morgan fingerprint density at radius 3 is 2.75 bits per heavy atom. The van der Waals surface area contributed by atoms with Crippen molar-refractivity contribution >= 4 is 11.9 Å². The average molecular weight is 283 g/mol. The van der Waals surface area contributed by atoms with Gasteiger partial charge in [-0.25, -0.2) is 9.18 Å². The Kier molecular flexibility index (Phi) is 4.52. The summed E-state index contributed by atoms with van der Waals surface area (Å²) >= 11 is 0. The highest BCUT2D eigenvalue weighted by atomic mass is 19.1. The summed E-state index contributed by atoms with van der Waals surface area (Å²) in [6, 6.07) is 4.24. The van der Waals surface area contributed by atoms with E-state index in [1.807, 2.05) is 0 Å². The third-order valence-corrected chi connectivity index (χ3v) is 2.91. The van der Waals surface area contributed by atoms with E-state index in [2.05, 4.69) is 0 Å². The zero-order chi connectivity index (χ0) is 14.5. The molecule has 6 nitrogen and oxygen atoms in total. The summed E-state index contributed by atoms with van der Waals surface area (Å²) in [7, 11) is 0. The molecule has 1 N–H and O–H groups in total. The quantitative estimate of drug-likeness (QED) is 0.871. The molecule has 0 bridgehead atoms. The van der Waals surface area contributed by atoms with Crippen LogP contribution >= 0.6 is 0 Å². The van der Waals surface area contributed by atoms with Gasteiger partial charge in [-0.15, -0.1) is 0 Å². The molecule has 2 rings (SSSR count). The molecule has 0 spiro atoms. The number of benzene rings is 1. The highest BCUT2D eigenvalue weighted by molar-refractivity contribution is 5.84. The van der Waals surface area contributed by atoms with Crippen LogP contribution in [0.3, 0.4) is 0 Å². The molecule has 20 heavy (non-hydrogen) atoms. The Bertz CT molecular complexity index is 490. The topological polar surface area (TPSA) is 76.1 Å². The predicted octanol–water partition coefficient (Wildman–Crippen LogP) is 0.516. The Balaban J connectivity index is 1.93. The minimum absolute atomic E-state index is 0.0301. The Morgan fingerprint density at radius 2 is 2.10 bits per heavy atom. The van der Waals surface area contributed by atoms with Crippen LogP contribution in [0.4, 0.5) is 4.39 Å². The number of ether oxygens (including phenoxy) is 2. The fourth-order valence-electron chi connectivity index (χ4n) is 1.87. The van der Waals surface area contributed by atoms with Gasteiger partial charge in [-0.05, 0) is 24.3 Å². The molecule has 0 aliphatic carbocycles. The van der Waals surface area contributed by atoms with Gasteiger partial charge in [0.2, 0.25) is 0 Å². The molecule has 7 heteroatoms. The maximum Gasteiger partial charge on any atom is 0.328 e. The van der Waals surface area contributed by atoms with E-state index < -0.39 is 23.7 Å². The molecule has 1 atom stereocenters. The number of halogens is 1. The van der Waals surface area contributed by atoms with Gasteiger partial charge in [-0.3, -0.25) is 4.79 Å². The molecule has 1 aromatic rings. The number of nitrogens with zero attached hydrogens (tertiary/aromatic N) is 1. The predicted molar refractivity (Wildman–Crippen MR) is 65.9 cm³/mol. The Morgan fingerprint density at radius 1 is 1.40 bits per heavy atom. The first-order valence-corrected chi connectivity index (χ1v) is 6.06. The second kappa shape index (κ2) is 6.33. The monoisotopic (exact) mass is 283 g/mol. The zero-order valence-corrected chi connectivity index (χ0v) is 10.6. The van der Waals surface area contributed by atoms with Crippen LogP contribution in [0, 0.1) is 5.82 Å². The van der Waals surface area contributed by atoms with E-state index in [1.165, 1.54) is 29.2 Å². The highest BCUT2D eigenvalue weighted by Crippen LogP contribution is 2.12. The van der Waals surface area contributed by atoms with Gasteiger partial charge in [0.25, 0.3) is 5.91 Å². The number of carbonyl (C=O) groups excluding carboxylic acids is 1. The number of hydrogen-bond acceptors (Lipinski definition) is 4. The summed E-state index contributed by atoms with van der Waals surface area (Å²) in [5.74, 6) is -1.60. The van der Waals surface area contributed by atoms with Crippen LogP contribution in [0.5, 0.6) is 5.75 Å². The number of carboxylic acids is 1. The van der Waals surface area contributed by atoms with Crippen LogP contribution in [0.15, 0.2) is 24.3 Å². The van der Waals surface area contributed by atoms with Gasteiger partial charge in [0.1, 0.15) is 11.6 Å². The number of amides is 1. The van der Waals surface area contributed by atoms with E-state index in [0.717, 1.165) is 0 Å². The van der Waals surface area contributed by atoms with Crippen LogP contribution in [-0.2, 0) is 14.3 Å². The van der Waals surface area contributed by atoms with Crippen molar-refractivity contribution in [3.8, 4) is 5.75 Å². The molecule has 108 valence electrons. The first kappa shape index (κ1) is 14.3. The molecular formula is C13H14FNO5. The number of rotatable bonds is 4. The van der Waals surface area contributed by atoms with Crippen LogP contribution < -0.4 is 4.74 Å². The first-order valence-electron chi connectivity index (χ1n) is 6.06. The Hall–Kier alpha value is -2.15. The van der Waals surface area contributed by atoms with E-state index in [9.17, 15) is 14.0 Å². The molecule has 1 aliphatic rings. The molecule has 1 fully saturated rings. The average Bonchev–Trinajstić information content (AvgIpc) is 2.46. The largest absolute Gasteiger partial charge is 0.484 e. The van der Waals surface area contributed by atoms with Gasteiger partial charge in [-0.1, -0.05) is 0 Å². The third-order valence-electron chi connectivity index (χ3n) is 2.91. The standard InChI is InChI=1S/C13H14FNO5/c14-9-1-3-10(4-2-9)20-8-12(16)15-5-6-19-7-11(15)13(17)18/h1-4,11H,5-8H2,(H,17,18)/t11-/m0/s1. The van der Waals surface area contributed by atoms with Gasteiger partial charge in [0.15, 0.2) is 12.6 Å². The van der Waals surface area contributed by atoms with E-state index in [1.54, 1.807) is 0 Å². The highest BCUT2D eigenvalue weighted by Gasteiger charge is 2.32. The van der Waals surface area contributed by atoms with E-state index in [-0.39, 0.29) is 19.8 Å². The lowest BCUT2D eigenvalue weighted by Gasteiger charge is -2.32. The summed E-state index contributed by atoms with van der Waals surface area (Å²) in [5, 5.41) is 9.02. The number of carbonyl (C=O) groups is 2. The molecule has 1 amide bonds. The molecule has 1 saturated heterocycles. The van der Waals surface area contributed by atoms with Crippen LogP contribution in [0.1, 0.15) is 0 Å². The summed E-state index contributed by atoms with van der Waals surface area (Å²) in [5.41, 5.74) is 0. The van der Waals surface area contributed by atoms with Crippen molar-refractivity contribution in [2.75, 3.05) is 26.4 Å². The second-order valence-electron chi connectivity index (χ2n) is 4.26. The molecule has 1 heterocycles. The van der Waals surface area contributed by atoms with Crippen molar-refractivity contribution in [2.24, 2.45) is 0 Å². The minimum atomic E-state index is -1.11. The number of morpholine rings is 1.